The van der Waals surface area contributed by atoms with E-state index < -0.39 is 29.2 Å². The molecule has 0 bridgehead atoms. The number of nitrogens with one attached hydrogen (secondary N) is 2. The number of nitrogens with zero attached hydrogens (tertiary/aromatic N) is 2. The predicted molar refractivity (Wildman–Crippen MR) is 128 cm³/mol. The third-order valence-corrected chi connectivity index (χ3v) is 5.30. The molecule has 0 saturated heterocycles. The number of hydrogen-bond donors (Lipinski definition) is 2. The first kappa shape index (κ1) is 24.6. The number of carbonyl (C=O) groups is 1. The van der Waals surface area contributed by atoms with Crippen LogP contribution in [-0.4, -0.2) is 22.9 Å². The summed E-state index contributed by atoms with van der Waals surface area (Å²) in [7, 11) is 1.75. The van der Waals surface area contributed by atoms with Crippen LogP contribution in [0.5, 0.6) is 11.6 Å². The van der Waals surface area contributed by atoms with E-state index in [0.29, 0.717) is 40.9 Å². The van der Waals surface area contributed by atoms with Crippen molar-refractivity contribution in [2.24, 2.45) is 0 Å². The van der Waals surface area contributed by atoms with E-state index in [0.717, 1.165) is 5.56 Å². The summed E-state index contributed by atoms with van der Waals surface area (Å²) < 4.78 is 59.1. The van der Waals surface area contributed by atoms with Crippen molar-refractivity contribution < 1.29 is 27.1 Å². The summed E-state index contributed by atoms with van der Waals surface area (Å²) in [4.78, 5) is 21.3. The van der Waals surface area contributed by atoms with Crippen molar-refractivity contribution in [2.75, 3.05) is 17.7 Å². The maximum absolute atomic E-state index is 14.1. The van der Waals surface area contributed by atoms with Crippen LogP contribution in [0.2, 0.25) is 0 Å². The number of benzene rings is 2. The molecule has 0 radical (unpaired) electrons. The Morgan fingerprint density at radius 1 is 0.972 bits per heavy atom. The van der Waals surface area contributed by atoms with Gasteiger partial charge in [-0.25, -0.2) is 14.4 Å². The van der Waals surface area contributed by atoms with Crippen LogP contribution in [0.4, 0.5) is 29.1 Å². The molecule has 10 heteroatoms. The molecule has 2 heterocycles. The highest BCUT2D eigenvalue weighted by molar-refractivity contribution is 6.04. The third-order valence-electron chi connectivity index (χ3n) is 5.30. The molecule has 184 valence electrons. The van der Waals surface area contributed by atoms with Gasteiger partial charge in [0, 0.05) is 30.6 Å². The van der Waals surface area contributed by atoms with Gasteiger partial charge in [-0.3, -0.25) is 4.79 Å². The highest BCUT2D eigenvalue weighted by Gasteiger charge is 2.31. The van der Waals surface area contributed by atoms with Crippen LogP contribution >= 0.6 is 0 Å². The molecule has 0 spiro atoms. The molecule has 0 unspecified atom stereocenters. The van der Waals surface area contributed by atoms with Crippen LogP contribution in [0.25, 0.3) is 11.1 Å². The first-order valence-electron chi connectivity index (χ1n) is 10.7. The molecule has 0 fully saturated rings. The van der Waals surface area contributed by atoms with Crippen LogP contribution in [-0.2, 0) is 6.18 Å². The highest BCUT2D eigenvalue weighted by atomic mass is 19.4. The molecular formula is C26H20F4N4O2. The van der Waals surface area contributed by atoms with Crippen LogP contribution < -0.4 is 15.4 Å². The summed E-state index contributed by atoms with van der Waals surface area (Å²) in [6.07, 6.45) is -1.48. The number of halogens is 4. The third kappa shape index (κ3) is 5.43. The van der Waals surface area contributed by atoms with E-state index in [4.69, 9.17) is 4.74 Å². The zero-order chi connectivity index (χ0) is 25.9. The smallest absolute Gasteiger partial charge is 0.416 e. The van der Waals surface area contributed by atoms with Gasteiger partial charge in [0.15, 0.2) is 0 Å². The molecule has 2 aromatic heterocycles. The Balaban J connectivity index is 1.62. The van der Waals surface area contributed by atoms with Gasteiger partial charge in [0.05, 0.1) is 11.3 Å². The Kier molecular flexibility index (Phi) is 6.86. The number of aryl methyl sites for hydroxylation is 1. The van der Waals surface area contributed by atoms with Crippen LogP contribution in [0.1, 0.15) is 21.5 Å². The molecule has 0 aliphatic carbocycles. The lowest BCUT2D eigenvalue weighted by Crippen LogP contribution is -2.14. The minimum Gasteiger partial charge on any atom is -0.438 e. The predicted octanol–water partition coefficient (Wildman–Crippen LogP) is 6.70. The zero-order valence-corrected chi connectivity index (χ0v) is 19.2. The molecular weight excluding hydrogens is 476 g/mol. The van der Waals surface area contributed by atoms with Crippen LogP contribution in [0.15, 0.2) is 73.1 Å². The quantitative estimate of drug-likeness (QED) is 0.291. The van der Waals surface area contributed by atoms with Crippen molar-refractivity contribution in [1.29, 1.82) is 0 Å². The van der Waals surface area contributed by atoms with Gasteiger partial charge in [0.25, 0.3) is 5.91 Å². The number of pyridine rings is 2. The normalized spacial score (nSPS) is 11.2. The number of anilines is 2. The van der Waals surface area contributed by atoms with E-state index >= 15 is 0 Å². The molecule has 1 amide bonds. The molecule has 0 aliphatic heterocycles. The van der Waals surface area contributed by atoms with Crippen molar-refractivity contribution in [2.45, 2.75) is 13.1 Å². The second kappa shape index (κ2) is 10.0. The molecule has 0 atom stereocenters. The van der Waals surface area contributed by atoms with Gasteiger partial charge in [-0.15, -0.1) is 0 Å². The molecule has 0 saturated carbocycles. The number of rotatable bonds is 6. The number of amides is 1. The summed E-state index contributed by atoms with van der Waals surface area (Å²) in [5, 5.41) is 5.17. The van der Waals surface area contributed by atoms with Gasteiger partial charge in [-0.2, -0.15) is 13.2 Å². The second-order valence-corrected chi connectivity index (χ2v) is 7.76. The standard InChI is InChI=1S/C26H20F4N4O2/c1-15-5-6-17(24(35)34-21-14-18(26(28,29)30)7-8-20(21)27)12-22(15)36-25-19(4-3-10-33-25)16-9-11-32-23(13-16)31-2/h3-14H,1-2H3,(H,31,32)(H,34,35). The number of aromatic nitrogens is 2. The molecule has 6 nitrogen and oxygen atoms in total. The number of carbonyl (C=O) groups excluding carboxylic acids is 1. The molecule has 36 heavy (non-hydrogen) atoms. The number of alkyl halides is 3. The Hall–Kier alpha value is -4.47. The Bertz CT molecular complexity index is 1420. The van der Waals surface area contributed by atoms with Gasteiger partial charge in [0.1, 0.15) is 17.4 Å². The second-order valence-electron chi connectivity index (χ2n) is 7.76. The summed E-state index contributed by atoms with van der Waals surface area (Å²) in [5.41, 5.74) is 0.557. The fourth-order valence-corrected chi connectivity index (χ4v) is 3.37. The van der Waals surface area contributed by atoms with E-state index in [9.17, 15) is 22.4 Å². The van der Waals surface area contributed by atoms with Gasteiger partial charge in [-0.1, -0.05) is 6.07 Å². The first-order valence-corrected chi connectivity index (χ1v) is 10.7. The fraction of sp³-hybridized carbons (Fsp3) is 0.115. The van der Waals surface area contributed by atoms with Gasteiger partial charge < -0.3 is 15.4 Å². The summed E-state index contributed by atoms with van der Waals surface area (Å²) in [6, 6.07) is 13.5. The van der Waals surface area contributed by atoms with Crippen molar-refractivity contribution in [1.82, 2.24) is 9.97 Å². The Morgan fingerprint density at radius 2 is 1.78 bits per heavy atom. The highest BCUT2D eigenvalue weighted by Crippen LogP contribution is 2.34. The maximum atomic E-state index is 14.1. The lowest BCUT2D eigenvalue weighted by Gasteiger charge is -2.14. The Labute approximate surface area is 204 Å². The van der Waals surface area contributed by atoms with Gasteiger partial charge in [-0.05, 0) is 72.6 Å². The Morgan fingerprint density at radius 3 is 2.53 bits per heavy atom. The fourth-order valence-electron chi connectivity index (χ4n) is 3.37. The zero-order valence-electron chi connectivity index (χ0n) is 19.2. The first-order chi connectivity index (χ1) is 17.2. The minimum absolute atomic E-state index is 0.0614. The van der Waals surface area contributed by atoms with E-state index in [1.807, 2.05) is 12.1 Å². The van der Waals surface area contributed by atoms with Crippen LogP contribution in [0.3, 0.4) is 0 Å². The SMILES string of the molecule is CNc1cc(-c2cccnc2Oc2cc(C(=O)Nc3cc(C(F)(F)F)ccc3F)ccc2C)ccn1. The molecule has 2 aromatic carbocycles. The number of hydrogen-bond acceptors (Lipinski definition) is 5. The van der Waals surface area contributed by atoms with Crippen molar-refractivity contribution in [3.8, 4) is 22.8 Å². The summed E-state index contributed by atoms with van der Waals surface area (Å²) in [5.74, 6) is -0.562. The topological polar surface area (TPSA) is 76.1 Å². The lowest BCUT2D eigenvalue weighted by atomic mass is 10.1. The largest absolute Gasteiger partial charge is 0.438 e. The van der Waals surface area contributed by atoms with E-state index in [1.165, 1.54) is 12.1 Å². The number of ether oxygens (including phenoxy) is 1. The average Bonchev–Trinajstić information content (AvgIpc) is 2.86. The van der Waals surface area contributed by atoms with E-state index in [-0.39, 0.29) is 11.4 Å². The summed E-state index contributed by atoms with van der Waals surface area (Å²) >= 11 is 0. The molecule has 4 aromatic rings. The van der Waals surface area contributed by atoms with E-state index in [1.54, 1.807) is 44.6 Å². The van der Waals surface area contributed by atoms with Crippen molar-refractivity contribution >= 4 is 17.4 Å². The molecule has 2 N–H and O–H groups in total. The minimum atomic E-state index is -4.68. The van der Waals surface area contributed by atoms with Gasteiger partial charge >= 0.3 is 6.18 Å². The molecule has 0 aliphatic rings. The van der Waals surface area contributed by atoms with Gasteiger partial charge in [0.2, 0.25) is 5.88 Å². The van der Waals surface area contributed by atoms with Crippen molar-refractivity contribution in [3.05, 3.63) is 95.6 Å². The molecule has 4 rings (SSSR count). The lowest BCUT2D eigenvalue weighted by molar-refractivity contribution is -0.137. The van der Waals surface area contributed by atoms with E-state index in [2.05, 4.69) is 20.6 Å². The average molecular weight is 496 g/mol. The maximum Gasteiger partial charge on any atom is 0.416 e. The summed E-state index contributed by atoms with van der Waals surface area (Å²) in [6.45, 7) is 1.76. The monoisotopic (exact) mass is 496 g/mol. The van der Waals surface area contributed by atoms with Crippen LogP contribution in [0, 0.1) is 12.7 Å². The van der Waals surface area contributed by atoms with Crippen molar-refractivity contribution in [3.63, 3.8) is 0 Å².